The minimum atomic E-state index is -0.618. The molecule has 0 saturated heterocycles. The number of hydrogen-bond donors (Lipinski definition) is 0. The maximum atomic E-state index is 11.7. The monoisotopic (exact) mass is 222 g/mol. The summed E-state index contributed by atoms with van der Waals surface area (Å²) in [5.41, 5.74) is -0.820. The Morgan fingerprint density at radius 1 is 1.44 bits per heavy atom. The minimum absolute atomic E-state index is 0.333. The first-order valence-corrected chi connectivity index (χ1v) is 5.52. The molecule has 0 spiro atoms. The van der Waals surface area contributed by atoms with Crippen LogP contribution in [0, 0.1) is 16.0 Å². The molecule has 0 bridgehead atoms. The molecule has 0 N–H and O–H groups in total. The Labute approximate surface area is 92.9 Å². The molecule has 1 aliphatic rings. The van der Waals surface area contributed by atoms with Gasteiger partial charge in [0.25, 0.3) is 0 Å². The van der Waals surface area contributed by atoms with Gasteiger partial charge >= 0.3 is 11.2 Å². The highest BCUT2D eigenvalue weighted by Crippen LogP contribution is 2.25. The van der Waals surface area contributed by atoms with Crippen LogP contribution in [0.5, 0.6) is 0 Å². The van der Waals surface area contributed by atoms with Crippen molar-refractivity contribution >= 4 is 5.69 Å². The predicted octanol–water partition coefficient (Wildman–Crippen LogP) is 1.95. The molecule has 1 aromatic rings. The normalized spacial score (nSPS) is 16.5. The maximum absolute atomic E-state index is 11.7. The average molecular weight is 222 g/mol. The topological polar surface area (TPSA) is 65.1 Å². The van der Waals surface area contributed by atoms with Gasteiger partial charge in [0.15, 0.2) is 0 Å². The Balaban J connectivity index is 2.24. The summed E-state index contributed by atoms with van der Waals surface area (Å²) < 4.78 is 1.47. The van der Waals surface area contributed by atoms with Crippen molar-refractivity contribution in [1.29, 1.82) is 0 Å². The van der Waals surface area contributed by atoms with Gasteiger partial charge in [-0.05, 0) is 24.8 Å². The third-order valence-corrected chi connectivity index (χ3v) is 3.13. The van der Waals surface area contributed by atoms with Crippen LogP contribution < -0.4 is 5.56 Å². The third-order valence-electron chi connectivity index (χ3n) is 3.13. The Bertz CT molecular complexity index is 447. The van der Waals surface area contributed by atoms with Crippen LogP contribution in [0.1, 0.15) is 25.7 Å². The Hall–Kier alpha value is -1.65. The first kappa shape index (κ1) is 10.9. The lowest BCUT2D eigenvalue weighted by atomic mass is 10.1. The Morgan fingerprint density at radius 3 is 2.75 bits per heavy atom. The van der Waals surface area contributed by atoms with Crippen LogP contribution in [-0.4, -0.2) is 9.49 Å². The van der Waals surface area contributed by atoms with E-state index in [-0.39, 0.29) is 5.69 Å². The van der Waals surface area contributed by atoms with Crippen molar-refractivity contribution in [1.82, 2.24) is 4.57 Å². The molecule has 1 heterocycles. The molecule has 1 fully saturated rings. The van der Waals surface area contributed by atoms with Gasteiger partial charge in [-0.3, -0.25) is 14.9 Å². The second kappa shape index (κ2) is 4.47. The van der Waals surface area contributed by atoms with Crippen molar-refractivity contribution in [2.75, 3.05) is 0 Å². The lowest BCUT2D eigenvalue weighted by Crippen LogP contribution is -2.24. The standard InChI is InChI=1S/C11H14N2O3/c14-11-10(13(15)16)6-3-7-12(11)8-9-4-1-2-5-9/h3,6-7,9H,1-2,4-5,8H2. The van der Waals surface area contributed by atoms with E-state index < -0.39 is 10.5 Å². The van der Waals surface area contributed by atoms with Crippen molar-refractivity contribution in [2.45, 2.75) is 32.2 Å². The van der Waals surface area contributed by atoms with E-state index in [1.54, 1.807) is 12.3 Å². The maximum Gasteiger partial charge on any atom is 0.334 e. The Kier molecular flexibility index (Phi) is 3.03. The van der Waals surface area contributed by atoms with E-state index in [0.29, 0.717) is 12.5 Å². The smallest absolute Gasteiger partial charge is 0.309 e. The summed E-state index contributed by atoms with van der Waals surface area (Å²) in [6, 6.07) is 2.82. The molecule has 1 aromatic heterocycles. The largest absolute Gasteiger partial charge is 0.334 e. The lowest BCUT2D eigenvalue weighted by Gasteiger charge is -2.10. The third kappa shape index (κ3) is 2.13. The number of rotatable bonds is 3. The minimum Gasteiger partial charge on any atom is -0.309 e. The van der Waals surface area contributed by atoms with Crippen LogP contribution in [-0.2, 0) is 6.54 Å². The van der Waals surface area contributed by atoms with Crippen LogP contribution in [0.2, 0.25) is 0 Å². The quantitative estimate of drug-likeness (QED) is 0.580. The van der Waals surface area contributed by atoms with Crippen molar-refractivity contribution in [3.8, 4) is 0 Å². The van der Waals surface area contributed by atoms with Crippen LogP contribution in [0.15, 0.2) is 23.1 Å². The van der Waals surface area contributed by atoms with E-state index in [9.17, 15) is 14.9 Å². The highest BCUT2D eigenvalue weighted by Gasteiger charge is 2.18. The summed E-state index contributed by atoms with van der Waals surface area (Å²) in [5, 5.41) is 10.6. The summed E-state index contributed by atoms with van der Waals surface area (Å²) in [6.07, 6.45) is 6.28. The van der Waals surface area contributed by atoms with Gasteiger partial charge < -0.3 is 4.57 Å². The average Bonchev–Trinajstić information content (AvgIpc) is 2.73. The van der Waals surface area contributed by atoms with Gasteiger partial charge in [-0.15, -0.1) is 0 Å². The van der Waals surface area contributed by atoms with Crippen LogP contribution in [0.3, 0.4) is 0 Å². The fraction of sp³-hybridized carbons (Fsp3) is 0.545. The summed E-state index contributed by atoms with van der Waals surface area (Å²) in [7, 11) is 0. The molecule has 0 amide bonds. The zero-order chi connectivity index (χ0) is 11.5. The van der Waals surface area contributed by atoms with E-state index in [4.69, 9.17) is 0 Å². The van der Waals surface area contributed by atoms with Gasteiger partial charge in [0.05, 0.1) is 4.92 Å². The van der Waals surface area contributed by atoms with Gasteiger partial charge in [0.2, 0.25) is 0 Å². The number of nitro groups is 1. The molecule has 16 heavy (non-hydrogen) atoms. The number of aromatic nitrogens is 1. The second-order valence-electron chi connectivity index (χ2n) is 4.26. The zero-order valence-corrected chi connectivity index (χ0v) is 8.96. The van der Waals surface area contributed by atoms with Gasteiger partial charge in [0.1, 0.15) is 0 Å². The summed E-state index contributed by atoms with van der Waals surface area (Å²) >= 11 is 0. The summed E-state index contributed by atoms with van der Waals surface area (Å²) in [4.78, 5) is 21.7. The molecular formula is C11H14N2O3. The number of hydrogen-bond acceptors (Lipinski definition) is 3. The molecule has 0 aromatic carbocycles. The number of pyridine rings is 1. The molecule has 0 radical (unpaired) electrons. The molecule has 2 rings (SSSR count). The predicted molar refractivity (Wildman–Crippen MR) is 59.3 cm³/mol. The molecule has 1 saturated carbocycles. The highest BCUT2D eigenvalue weighted by molar-refractivity contribution is 5.25. The molecule has 5 heteroatoms. The molecule has 0 atom stereocenters. The first-order valence-electron chi connectivity index (χ1n) is 5.52. The van der Waals surface area contributed by atoms with Gasteiger partial charge in [-0.2, -0.15) is 0 Å². The van der Waals surface area contributed by atoms with Crippen LogP contribution in [0.4, 0.5) is 5.69 Å². The molecule has 0 unspecified atom stereocenters. The Morgan fingerprint density at radius 2 is 2.12 bits per heavy atom. The summed E-state index contributed by atoms with van der Waals surface area (Å²) in [6.45, 7) is 0.612. The van der Waals surface area contributed by atoms with E-state index in [0.717, 1.165) is 12.8 Å². The zero-order valence-electron chi connectivity index (χ0n) is 8.96. The second-order valence-corrected chi connectivity index (χ2v) is 4.26. The molecular weight excluding hydrogens is 208 g/mol. The van der Waals surface area contributed by atoms with E-state index in [1.165, 1.54) is 23.5 Å². The van der Waals surface area contributed by atoms with Gasteiger partial charge in [-0.1, -0.05) is 12.8 Å². The summed E-state index contributed by atoms with van der Waals surface area (Å²) in [5.74, 6) is 0.500. The lowest BCUT2D eigenvalue weighted by molar-refractivity contribution is -0.386. The molecule has 1 aliphatic carbocycles. The van der Waals surface area contributed by atoms with E-state index in [1.807, 2.05) is 0 Å². The SMILES string of the molecule is O=c1c([N+](=O)[O-])cccn1CC1CCCC1. The van der Waals surface area contributed by atoms with Crippen molar-refractivity contribution in [3.63, 3.8) is 0 Å². The van der Waals surface area contributed by atoms with Gasteiger partial charge in [0, 0.05) is 18.8 Å². The van der Waals surface area contributed by atoms with Gasteiger partial charge in [-0.25, -0.2) is 0 Å². The fourth-order valence-corrected chi connectivity index (χ4v) is 2.28. The van der Waals surface area contributed by atoms with Crippen molar-refractivity contribution in [2.24, 2.45) is 5.92 Å². The highest BCUT2D eigenvalue weighted by atomic mass is 16.6. The molecule has 5 nitrogen and oxygen atoms in total. The molecule has 86 valence electrons. The van der Waals surface area contributed by atoms with Crippen LogP contribution in [0.25, 0.3) is 0 Å². The van der Waals surface area contributed by atoms with E-state index >= 15 is 0 Å². The van der Waals surface area contributed by atoms with Crippen LogP contribution >= 0.6 is 0 Å². The molecule has 0 aliphatic heterocycles. The first-order chi connectivity index (χ1) is 7.68. The van der Waals surface area contributed by atoms with Crippen molar-refractivity contribution in [3.05, 3.63) is 38.8 Å². The van der Waals surface area contributed by atoms with Crippen molar-refractivity contribution < 1.29 is 4.92 Å². The van der Waals surface area contributed by atoms with E-state index in [2.05, 4.69) is 0 Å². The fourth-order valence-electron chi connectivity index (χ4n) is 2.28. The number of nitrogens with zero attached hydrogens (tertiary/aromatic N) is 2.